The molecule has 102 valence electrons. The van der Waals surface area contributed by atoms with E-state index in [1.807, 2.05) is 13.8 Å². The maximum atomic E-state index is 2.21. The Morgan fingerprint density at radius 3 is 1.65 bits per heavy atom. The van der Waals surface area contributed by atoms with E-state index in [2.05, 4.69) is 52.0 Å². The Balaban J connectivity index is -0.000000242. The van der Waals surface area contributed by atoms with Crippen LogP contribution in [0, 0.1) is 6.92 Å². The highest BCUT2D eigenvalue weighted by molar-refractivity contribution is 5.25. The molecule has 17 heavy (non-hydrogen) atoms. The molecule has 0 aliphatic carbocycles. The average Bonchev–Trinajstić information content (AvgIpc) is 2.35. The van der Waals surface area contributed by atoms with Crippen LogP contribution in [0.2, 0.25) is 0 Å². The van der Waals surface area contributed by atoms with Crippen molar-refractivity contribution in [2.45, 2.75) is 74.7 Å². The predicted octanol–water partition coefficient (Wildman–Crippen LogP) is 6.42. The maximum Gasteiger partial charge on any atom is -0.0279 e. The van der Waals surface area contributed by atoms with E-state index in [9.17, 15) is 0 Å². The fourth-order valence-corrected chi connectivity index (χ4v) is 1.16. The van der Waals surface area contributed by atoms with Gasteiger partial charge in [-0.05, 0) is 24.5 Å². The van der Waals surface area contributed by atoms with Crippen LogP contribution >= 0.6 is 0 Å². The van der Waals surface area contributed by atoms with E-state index in [1.54, 1.807) is 0 Å². The second-order valence-electron chi connectivity index (χ2n) is 3.68. The normalized spacial score (nSPS) is 7.88. The van der Waals surface area contributed by atoms with Gasteiger partial charge in [0.2, 0.25) is 0 Å². The second-order valence-corrected chi connectivity index (χ2v) is 3.68. The summed E-state index contributed by atoms with van der Waals surface area (Å²) in [6, 6.07) is 8.58. The van der Waals surface area contributed by atoms with Gasteiger partial charge in [0.15, 0.2) is 0 Å². The summed E-state index contributed by atoms with van der Waals surface area (Å²) < 4.78 is 0. The number of rotatable bonds is 3. The molecule has 0 spiro atoms. The Bertz CT molecular complexity index is 223. The Morgan fingerprint density at radius 1 is 0.824 bits per heavy atom. The van der Waals surface area contributed by atoms with Crippen LogP contribution in [-0.4, -0.2) is 0 Å². The van der Waals surface area contributed by atoms with Crippen molar-refractivity contribution < 1.29 is 0 Å². The molecule has 0 aliphatic heterocycles. The molecule has 0 unspecified atom stereocenters. The molecule has 1 rings (SSSR count). The van der Waals surface area contributed by atoms with Gasteiger partial charge in [0.1, 0.15) is 0 Å². The first-order valence-corrected chi connectivity index (χ1v) is 6.80. The zero-order valence-electron chi connectivity index (χ0n) is 12.1. The summed E-state index contributed by atoms with van der Waals surface area (Å²) >= 11 is 0. The number of hydrogen-bond acceptors (Lipinski definition) is 0. The van der Waals surface area contributed by atoms with E-state index >= 15 is 0 Å². The Labute approximate surface area is 110 Å². The second kappa shape index (κ2) is 17.6. The minimum absolute atomic E-state index is 0. The minimum Gasteiger partial charge on any atom is -0.0776 e. The molecular weight excluding hydrogens is 204 g/mol. The number of hydrogen-bond donors (Lipinski definition) is 0. The Hall–Kier alpha value is -0.780. The largest absolute Gasteiger partial charge is 0.0776 e. The van der Waals surface area contributed by atoms with Crippen LogP contribution < -0.4 is 0 Å². The van der Waals surface area contributed by atoms with Crippen molar-refractivity contribution in [1.29, 1.82) is 0 Å². The lowest BCUT2D eigenvalue weighted by molar-refractivity contribution is 0.886. The molecule has 0 heterocycles. The summed E-state index contributed by atoms with van der Waals surface area (Å²) in [5, 5.41) is 0. The summed E-state index contributed by atoms with van der Waals surface area (Å²) in [7, 11) is 0. The van der Waals surface area contributed by atoms with Crippen LogP contribution in [-0.2, 0) is 6.42 Å². The van der Waals surface area contributed by atoms with Crippen LogP contribution in [0.1, 0.15) is 72.4 Å². The molecule has 0 atom stereocenters. The lowest BCUT2D eigenvalue weighted by Crippen LogP contribution is -1.85. The molecular formula is C17H34. The van der Waals surface area contributed by atoms with Gasteiger partial charge >= 0.3 is 0 Å². The number of benzene rings is 1. The highest BCUT2D eigenvalue weighted by atomic mass is 14.0. The first-order chi connectivity index (χ1) is 7.76. The summed E-state index contributed by atoms with van der Waals surface area (Å²) in [4.78, 5) is 0. The summed E-state index contributed by atoms with van der Waals surface area (Å²) in [6.45, 7) is 12.7. The van der Waals surface area contributed by atoms with Gasteiger partial charge in [-0.25, -0.2) is 0 Å². The van der Waals surface area contributed by atoms with E-state index in [1.165, 1.54) is 36.8 Å². The molecule has 0 bridgehead atoms. The third-order valence-electron chi connectivity index (χ3n) is 2.28. The Kier molecular flexibility index (Phi) is 22.3. The molecule has 0 aromatic heterocycles. The van der Waals surface area contributed by atoms with Gasteiger partial charge in [0.25, 0.3) is 0 Å². The third-order valence-corrected chi connectivity index (χ3v) is 2.28. The first kappa shape index (κ1) is 21.5. The lowest BCUT2D eigenvalue weighted by atomic mass is 10.1. The van der Waals surface area contributed by atoms with Gasteiger partial charge in [0, 0.05) is 0 Å². The standard InChI is InChI=1S/C10H14.C4H10.C2H6.CH4/c1-3-6-10-8-5-4-7-9(10)2;1-3-4-2;1-2;/h4-5,7-8H,3,6H2,1-2H3;3-4H2,1-2H3;1-2H3;1H4. The molecule has 0 amide bonds. The molecule has 1 aromatic rings. The van der Waals surface area contributed by atoms with Crippen molar-refractivity contribution in [2.75, 3.05) is 0 Å². The van der Waals surface area contributed by atoms with Crippen molar-refractivity contribution in [3.63, 3.8) is 0 Å². The summed E-state index contributed by atoms with van der Waals surface area (Å²) in [5.41, 5.74) is 2.91. The van der Waals surface area contributed by atoms with Crippen molar-refractivity contribution in [1.82, 2.24) is 0 Å². The minimum atomic E-state index is 0. The molecule has 0 nitrogen and oxygen atoms in total. The monoisotopic (exact) mass is 238 g/mol. The van der Waals surface area contributed by atoms with Gasteiger partial charge in [-0.2, -0.15) is 0 Å². The van der Waals surface area contributed by atoms with Crippen LogP contribution in [0.5, 0.6) is 0 Å². The van der Waals surface area contributed by atoms with Gasteiger partial charge in [-0.1, -0.05) is 85.6 Å². The van der Waals surface area contributed by atoms with Crippen molar-refractivity contribution in [3.8, 4) is 0 Å². The van der Waals surface area contributed by atoms with Crippen LogP contribution in [0.15, 0.2) is 24.3 Å². The molecule has 0 saturated heterocycles. The van der Waals surface area contributed by atoms with E-state index in [4.69, 9.17) is 0 Å². The molecule has 1 aromatic carbocycles. The fourth-order valence-electron chi connectivity index (χ4n) is 1.16. The number of aryl methyl sites for hydroxylation is 2. The molecule has 0 radical (unpaired) electrons. The molecule has 0 saturated carbocycles. The van der Waals surface area contributed by atoms with Gasteiger partial charge in [0.05, 0.1) is 0 Å². The van der Waals surface area contributed by atoms with Crippen molar-refractivity contribution in [2.24, 2.45) is 0 Å². The zero-order valence-corrected chi connectivity index (χ0v) is 12.1. The zero-order chi connectivity index (χ0) is 12.8. The smallest absolute Gasteiger partial charge is 0.0279 e. The quantitative estimate of drug-likeness (QED) is 0.570. The summed E-state index contributed by atoms with van der Waals surface area (Å²) in [5.74, 6) is 0. The predicted molar refractivity (Wildman–Crippen MR) is 83.8 cm³/mol. The van der Waals surface area contributed by atoms with E-state index in [0.717, 1.165) is 0 Å². The van der Waals surface area contributed by atoms with Gasteiger partial charge < -0.3 is 0 Å². The average molecular weight is 238 g/mol. The van der Waals surface area contributed by atoms with E-state index < -0.39 is 0 Å². The molecule has 0 fully saturated rings. The first-order valence-electron chi connectivity index (χ1n) is 6.80. The lowest BCUT2D eigenvalue weighted by Gasteiger charge is -2.01. The van der Waals surface area contributed by atoms with Crippen LogP contribution in [0.25, 0.3) is 0 Å². The van der Waals surface area contributed by atoms with Gasteiger partial charge in [-0.15, -0.1) is 0 Å². The van der Waals surface area contributed by atoms with Crippen molar-refractivity contribution >= 4 is 0 Å². The highest BCUT2D eigenvalue weighted by Gasteiger charge is 1.92. The highest BCUT2D eigenvalue weighted by Crippen LogP contribution is 2.08. The Morgan fingerprint density at radius 2 is 1.29 bits per heavy atom. The summed E-state index contributed by atoms with van der Waals surface area (Å²) in [6.07, 6.45) is 5.09. The fraction of sp³-hybridized carbons (Fsp3) is 0.647. The number of unbranched alkanes of at least 4 members (excludes halogenated alkanes) is 1. The third kappa shape index (κ3) is 13.2. The molecule has 0 heteroatoms. The van der Waals surface area contributed by atoms with Crippen LogP contribution in [0.3, 0.4) is 0 Å². The maximum absolute atomic E-state index is 2.21. The topological polar surface area (TPSA) is 0 Å². The molecule has 0 aliphatic rings. The van der Waals surface area contributed by atoms with Crippen LogP contribution in [0.4, 0.5) is 0 Å². The van der Waals surface area contributed by atoms with E-state index in [-0.39, 0.29) is 7.43 Å². The van der Waals surface area contributed by atoms with Gasteiger partial charge in [-0.3, -0.25) is 0 Å². The van der Waals surface area contributed by atoms with Crippen molar-refractivity contribution in [3.05, 3.63) is 35.4 Å². The van der Waals surface area contributed by atoms with E-state index in [0.29, 0.717) is 0 Å². The molecule has 0 N–H and O–H groups in total. The SMILES string of the molecule is C.CC.CCCC.CCCc1ccccc1C.